The van der Waals surface area contributed by atoms with Gasteiger partial charge >= 0.3 is 0 Å². The van der Waals surface area contributed by atoms with Crippen LogP contribution in [0.4, 0.5) is 0 Å². The molecule has 27 heavy (non-hydrogen) atoms. The summed E-state index contributed by atoms with van der Waals surface area (Å²) in [7, 11) is 0. The minimum absolute atomic E-state index is 0.0629. The van der Waals surface area contributed by atoms with Gasteiger partial charge in [0.1, 0.15) is 5.88 Å². The van der Waals surface area contributed by atoms with E-state index in [0.717, 1.165) is 42.0 Å². The van der Waals surface area contributed by atoms with Crippen molar-refractivity contribution in [1.82, 2.24) is 10.6 Å². The average Bonchev–Trinajstić information content (AvgIpc) is 2.70. The summed E-state index contributed by atoms with van der Waals surface area (Å²) in [5.41, 5.74) is 0.987. The van der Waals surface area contributed by atoms with E-state index in [4.69, 9.17) is 11.6 Å². The first-order chi connectivity index (χ1) is 13.1. The van der Waals surface area contributed by atoms with E-state index < -0.39 is 0 Å². The first-order valence-corrected chi connectivity index (χ1v) is 10.2. The van der Waals surface area contributed by atoms with Gasteiger partial charge in [-0.25, -0.2) is 0 Å². The molecule has 1 saturated carbocycles. The highest BCUT2D eigenvalue weighted by Crippen LogP contribution is 2.29. The SMILES string of the molecule is CC1CCC(C(=O)NC(CNC(=O)CCl)c2ccc3ccccc3c2)CC1. The lowest BCUT2D eigenvalue weighted by atomic mass is 9.82. The van der Waals surface area contributed by atoms with Gasteiger partial charge in [-0.1, -0.05) is 43.3 Å². The van der Waals surface area contributed by atoms with Crippen molar-refractivity contribution in [3.63, 3.8) is 0 Å². The Kier molecular flexibility index (Phi) is 6.73. The number of hydrogen-bond acceptors (Lipinski definition) is 2. The average molecular weight is 387 g/mol. The Morgan fingerprint density at radius 1 is 1.07 bits per heavy atom. The number of halogens is 1. The summed E-state index contributed by atoms with van der Waals surface area (Å²) < 4.78 is 0. The molecule has 1 fully saturated rings. The fourth-order valence-corrected chi connectivity index (χ4v) is 3.85. The summed E-state index contributed by atoms with van der Waals surface area (Å²) >= 11 is 5.60. The van der Waals surface area contributed by atoms with Gasteiger partial charge in [-0.3, -0.25) is 9.59 Å². The summed E-state index contributed by atoms with van der Waals surface area (Å²) in [5.74, 6) is 0.531. The monoisotopic (exact) mass is 386 g/mol. The van der Waals surface area contributed by atoms with E-state index in [0.29, 0.717) is 12.5 Å². The van der Waals surface area contributed by atoms with Gasteiger partial charge in [0, 0.05) is 12.5 Å². The van der Waals surface area contributed by atoms with Crippen molar-refractivity contribution in [2.75, 3.05) is 12.4 Å². The molecule has 3 rings (SSSR count). The second-order valence-corrected chi connectivity index (χ2v) is 7.83. The number of hydrogen-bond donors (Lipinski definition) is 2. The maximum atomic E-state index is 12.8. The molecule has 0 aromatic heterocycles. The van der Waals surface area contributed by atoms with E-state index in [1.54, 1.807) is 0 Å². The van der Waals surface area contributed by atoms with Crippen molar-refractivity contribution in [3.05, 3.63) is 48.0 Å². The highest BCUT2D eigenvalue weighted by molar-refractivity contribution is 6.27. The number of fused-ring (bicyclic) bond motifs is 1. The van der Waals surface area contributed by atoms with E-state index in [1.807, 2.05) is 18.2 Å². The van der Waals surface area contributed by atoms with Crippen molar-refractivity contribution in [2.45, 2.75) is 38.6 Å². The van der Waals surface area contributed by atoms with Gasteiger partial charge in [0.05, 0.1) is 6.04 Å². The first kappa shape index (κ1) is 19.7. The molecular weight excluding hydrogens is 360 g/mol. The molecule has 0 saturated heterocycles. The molecule has 0 radical (unpaired) electrons. The lowest BCUT2D eigenvalue weighted by molar-refractivity contribution is -0.127. The van der Waals surface area contributed by atoms with E-state index in [1.165, 1.54) is 0 Å². The number of amides is 2. The minimum Gasteiger partial charge on any atom is -0.353 e. The van der Waals surface area contributed by atoms with Crippen LogP contribution in [0, 0.1) is 11.8 Å². The Bertz CT molecular complexity index is 800. The molecule has 1 aliphatic carbocycles. The highest BCUT2D eigenvalue weighted by Gasteiger charge is 2.26. The number of carbonyl (C=O) groups excluding carboxylic acids is 2. The van der Waals surface area contributed by atoms with Gasteiger partial charge in [0.2, 0.25) is 11.8 Å². The summed E-state index contributed by atoms with van der Waals surface area (Å²) in [6.45, 7) is 2.58. The molecule has 5 heteroatoms. The predicted molar refractivity (Wildman–Crippen MR) is 110 cm³/mol. The zero-order chi connectivity index (χ0) is 19.2. The van der Waals surface area contributed by atoms with E-state index >= 15 is 0 Å². The molecule has 0 heterocycles. The van der Waals surface area contributed by atoms with Crippen molar-refractivity contribution in [1.29, 1.82) is 0 Å². The Labute approximate surface area is 165 Å². The Balaban J connectivity index is 1.76. The van der Waals surface area contributed by atoms with Crippen LogP contribution in [-0.4, -0.2) is 24.2 Å². The van der Waals surface area contributed by atoms with Crippen molar-refractivity contribution >= 4 is 34.2 Å². The van der Waals surface area contributed by atoms with Crippen LogP contribution in [0.2, 0.25) is 0 Å². The third-order valence-corrected chi connectivity index (χ3v) is 5.75. The van der Waals surface area contributed by atoms with Crippen LogP contribution in [0.3, 0.4) is 0 Å². The van der Waals surface area contributed by atoms with Crippen LogP contribution in [0.5, 0.6) is 0 Å². The third-order valence-electron chi connectivity index (χ3n) is 5.50. The Hall–Kier alpha value is -2.07. The topological polar surface area (TPSA) is 58.2 Å². The Morgan fingerprint density at radius 2 is 1.78 bits per heavy atom. The van der Waals surface area contributed by atoms with Gasteiger partial charge in [-0.05, 0) is 54.0 Å². The van der Waals surface area contributed by atoms with Gasteiger partial charge in [-0.2, -0.15) is 0 Å². The van der Waals surface area contributed by atoms with Crippen LogP contribution < -0.4 is 10.6 Å². The maximum absolute atomic E-state index is 12.8. The lowest BCUT2D eigenvalue weighted by Gasteiger charge is -2.28. The van der Waals surface area contributed by atoms with Crippen LogP contribution >= 0.6 is 11.6 Å². The molecule has 2 N–H and O–H groups in total. The minimum atomic E-state index is -0.270. The van der Waals surface area contributed by atoms with Crippen LogP contribution in [0.15, 0.2) is 42.5 Å². The number of carbonyl (C=O) groups is 2. The number of rotatable bonds is 6. The van der Waals surface area contributed by atoms with Crippen molar-refractivity contribution in [3.8, 4) is 0 Å². The molecule has 1 aliphatic rings. The van der Waals surface area contributed by atoms with E-state index in [2.05, 4.69) is 41.8 Å². The zero-order valence-corrected chi connectivity index (χ0v) is 16.5. The van der Waals surface area contributed by atoms with Gasteiger partial charge in [0.25, 0.3) is 0 Å². The molecule has 1 atom stereocenters. The normalized spacial score (nSPS) is 20.8. The molecule has 4 nitrogen and oxygen atoms in total. The van der Waals surface area contributed by atoms with E-state index in [9.17, 15) is 9.59 Å². The summed E-state index contributed by atoms with van der Waals surface area (Å²) in [4.78, 5) is 24.4. The van der Waals surface area contributed by atoms with Crippen molar-refractivity contribution in [2.24, 2.45) is 11.8 Å². The Morgan fingerprint density at radius 3 is 2.48 bits per heavy atom. The fraction of sp³-hybridized carbons (Fsp3) is 0.455. The third kappa shape index (κ3) is 5.23. The zero-order valence-electron chi connectivity index (χ0n) is 15.7. The standard InChI is InChI=1S/C22H27ClN2O2/c1-15-6-8-17(9-7-15)22(27)25-20(14-24-21(26)13-23)19-11-10-16-4-2-3-5-18(16)12-19/h2-5,10-12,15,17,20H,6-9,13-14H2,1H3,(H,24,26)(H,25,27). The maximum Gasteiger partial charge on any atom is 0.235 e. The number of benzene rings is 2. The molecular formula is C22H27ClN2O2. The molecule has 1 unspecified atom stereocenters. The van der Waals surface area contributed by atoms with Crippen LogP contribution in [0.1, 0.15) is 44.2 Å². The van der Waals surface area contributed by atoms with Gasteiger partial charge < -0.3 is 10.6 Å². The molecule has 0 spiro atoms. The van der Waals surface area contributed by atoms with E-state index in [-0.39, 0.29) is 29.7 Å². The van der Waals surface area contributed by atoms with Crippen molar-refractivity contribution < 1.29 is 9.59 Å². The predicted octanol–water partition coefficient (Wildman–Crippen LogP) is 4.18. The molecule has 2 aromatic rings. The van der Waals surface area contributed by atoms with Gasteiger partial charge in [0.15, 0.2) is 0 Å². The molecule has 144 valence electrons. The molecule has 2 aromatic carbocycles. The first-order valence-electron chi connectivity index (χ1n) is 9.68. The van der Waals surface area contributed by atoms with Crippen LogP contribution in [0.25, 0.3) is 10.8 Å². The quantitative estimate of drug-likeness (QED) is 0.732. The molecule has 0 bridgehead atoms. The summed E-state index contributed by atoms with van der Waals surface area (Å²) in [6.07, 6.45) is 4.07. The van der Waals surface area contributed by atoms with Crippen LogP contribution in [-0.2, 0) is 9.59 Å². The number of alkyl halides is 1. The second-order valence-electron chi connectivity index (χ2n) is 7.56. The highest BCUT2D eigenvalue weighted by atomic mass is 35.5. The number of nitrogens with one attached hydrogen (secondary N) is 2. The summed E-state index contributed by atoms with van der Waals surface area (Å²) in [6, 6.07) is 14.0. The molecule has 0 aliphatic heterocycles. The lowest BCUT2D eigenvalue weighted by Crippen LogP contribution is -2.41. The molecule has 2 amide bonds. The smallest absolute Gasteiger partial charge is 0.235 e. The largest absolute Gasteiger partial charge is 0.353 e. The second kappa shape index (κ2) is 9.23. The fourth-order valence-electron chi connectivity index (χ4n) is 3.75. The van der Waals surface area contributed by atoms with Gasteiger partial charge in [-0.15, -0.1) is 11.6 Å². The summed E-state index contributed by atoms with van der Waals surface area (Å²) in [5, 5.41) is 8.24.